The van der Waals surface area contributed by atoms with Gasteiger partial charge in [-0.05, 0) is 30.3 Å². The van der Waals surface area contributed by atoms with E-state index >= 15 is 0 Å². The van der Waals surface area contributed by atoms with Gasteiger partial charge in [0.25, 0.3) is 0 Å². The van der Waals surface area contributed by atoms with Crippen LogP contribution in [0.1, 0.15) is 15.9 Å². The molecule has 0 radical (unpaired) electrons. The highest BCUT2D eigenvalue weighted by Crippen LogP contribution is 2.23. The van der Waals surface area contributed by atoms with Crippen molar-refractivity contribution in [3.63, 3.8) is 0 Å². The lowest BCUT2D eigenvalue weighted by atomic mass is 10.1. The van der Waals surface area contributed by atoms with Gasteiger partial charge in [0.05, 0.1) is 16.3 Å². The van der Waals surface area contributed by atoms with Crippen LogP contribution < -0.4 is 5.32 Å². The van der Waals surface area contributed by atoms with Crippen LogP contribution in [0, 0.1) is 11.6 Å². The van der Waals surface area contributed by atoms with Crippen LogP contribution in [-0.4, -0.2) is 11.1 Å². The number of hydrogen-bond acceptors (Lipinski definition) is 2. The summed E-state index contributed by atoms with van der Waals surface area (Å²) in [4.78, 5) is 10.8. The highest BCUT2D eigenvalue weighted by atomic mass is 35.5. The molecule has 0 atom stereocenters. The molecule has 0 aliphatic heterocycles. The largest absolute Gasteiger partial charge is 0.478 e. The molecule has 0 unspecified atom stereocenters. The van der Waals surface area contributed by atoms with E-state index in [4.69, 9.17) is 16.7 Å². The van der Waals surface area contributed by atoms with Gasteiger partial charge in [0.1, 0.15) is 5.82 Å². The summed E-state index contributed by atoms with van der Waals surface area (Å²) in [7, 11) is 0. The standard InChI is InChI=1S/C14H10ClF2NO2/c15-10-2-1-3-12(13(10)17)18-7-9-6-8(14(19)20)4-5-11(9)16/h1-6,18H,7H2,(H,19,20). The molecule has 0 heterocycles. The molecule has 0 aliphatic rings. The van der Waals surface area contributed by atoms with E-state index < -0.39 is 17.6 Å². The second-order valence-electron chi connectivity index (χ2n) is 4.07. The normalized spacial score (nSPS) is 10.3. The van der Waals surface area contributed by atoms with Crippen LogP contribution in [0.2, 0.25) is 5.02 Å². The number of aromatic carboxylic acids is 1. The molecular formula is C14H10ClF2NO2. The molecular weight excluding hydrogens is 288 g/mol. The third-order valence-corrected chi connectivity index (χ3v) is 3.01. The molecule has 0 aromatic heterocycles. The maximum absolute atomic E-state index is 13.6. The first kappa shape index (κ1) is 14.3. The third kappa shape index (κ3) is 3.05. The van der Waals surface area contributed by atoms with Crippen molar-refractivity contribution in [1.29, 1.82) is 0 Å². The molecule has 0 aliphatic carbocycles. The Labute approximate surface area is 118 Å². The second kappa shape index (κ2) is 5.88. The van der Waals surface area contributed by atoms with Gasteiger partial charge in [-0.2, -0.15) is 0 Å². The van der Waals surface area contributed by atoms with E-state index in [9.17, 15) is 13.6 Å². The van der Waals surface area contributed by atoms with Crippen LogP contribution in [0.25, 0.3) is 0 Å². The Morgan fingerprint density at radius 1 is 1.25 bits per heavy atom. The summed E-state index contributed by atoms with van der Waals surface area (Å²) in [5, 5.41) is 11.5. The fraction of sp³-hybridized carbons (Fsp3) is 0.0714. The molecule has 0 saturated heterocycles. The lowest BCUT2D eigenvalue weighted by Crippen LogP contribution is -2.06. The maximum Gasteiger partial charge on any atom is 0.335 e. The van der Waals surface area contributed by atoms with Crippen molar-refractivity contribution >= 4 is 23.3 Å². The predicted molar refractivity (Wildman–Crippen MR) is 72.1 cm³/mol. The summed E-state index contributed by atoms with van der Waals surface area (Å²) in [5.41, 5.74) is 0.219. The number of carboxylic acid groups (broad SMARTS) is 1. The van der Waals surface area contributed by atoms with Gasteiger partial charge >= 0.3 is 5.97 Å². The summed E-state index contributed by atoms with van der Waals surface area (Å²) in [5.74, 6) is -2.35. The minimum Gasteiger partial charge on any atom is -0.478 e. The van der Waals surface area contributed by atoms with Gasteiger partial charge in [-0.3, -0.25) is 0 Å². The summed E-state index contributed by atoms with van der Waals surface area (Å²) in [6.07, 6.45) is 0. The first-order valence-electron chi connectivity index (χ1n) is 5.68. The van der Waals surface area contributed by atoms with Crippen LogP contribution in [-0.2, 0) is 6.54 Å². The fourth-order valence-electron chi connectivity index (χ4n) is 1.67. The van der Waals surface area contributed by atoms with E-state index in [2.05, 4.69) is 5.32 Å². The van der Waals surface area contributed by atoms with Gasteiger partial charge in [0.15, 0.2) is 5.82 Å². The van der Waals surface area contributed by atoms with Gasteiger partial charge in [0, 0.05) is 12.1 Å². The average Bonchev–Trinajstić information content (AvgIpc) is 2.41. The first-order chi connectivity index (χ1) is 9.49. The van der Waals surface area contributed by atoms with Crippen molar-refractivity contribution in [2.45, 2.75) is 6.54 Å². The van der Waals surface area contributed by atoms with Crippen LogP contribution in [0.5, 0.6) is 0 Å². The topological polar surface area (TPSA) is 49.3 Å². The van der Waals surface area contributed by atoms with Gasteiger partial charge in [-0.15, -0.1) is 0 Å². The molecule has 2 aromatic rings. The van der Waals surface area contributed by atoms with E-state index in [1.807, 2.05) is 0 Å². The number of carbonyl (C=O) groups is 1. The highest BCUT2D eigenvalue weighted by Gasteiger charge is 2.10. The van der Waals surface area contributed by atoms with Gasteiger partial charge in [-0.25, -0.2) is 13.6 Å². The van der Waals surface area contributed by atoms with E-state index in [1.54, 1.807) is 6.07 Å². The molecule has 0 fully saturated rings. The lowest BCUT2D eigenvalue weighted by molar-refractivity contribution is 0.0696. The third-order valence-electron chi connectivity index (χ3n) is 2.71. The molecule has 2 aromatic carbocycles. The number of halogens is 3. The van der Waals surface area contributed by atoms with Crippen molar-refractivity contribution in [2.24, 2.45) is 0 Å². The van der Waals surface area contributed by atoms with E-state index in [0.29, 0.717) is 0 Å². The molecule has 0 amide bonds. The molecule has 0 spiro atoms. The number of anilines is 1. The average molecular weight is 298 g/mol. The molecule has 0 saturated carbocycles. The monoisotopic (exact) mass is 297 g/mol. The van der Waals surface area contributed by atoms with Crippen LogP contribution >= 0.6 is 11.6 Å². The SMILES string of the molecule is O=C(O)c1ccc(F)c(CNc2cccc(Cl)c2F)c1. The molecule has 2 rings (SSSR count). The first-order valence-corrected chi connectivity index (χ1v) is 6.06. The van der Waals surface area contributed by atoms with E-state index in [1.165, 1.54) is 24.3 Å². The van der Waals surface area contributed by atoms with Crippen LogP contribution in [0.15, 0.2) is 36.4 Å². The molecule has 2 N–H and O–H groups in total. The molecule has 6 heteroatoms. The van der Waals surface area contributed by atoms with Gasteiger partial charge in [-0.1, -0.05) is 17.7 Å². The summed E-state index contributed by atoms with van der Waals surface area (Å²) >= 11 is 5.63. The summed E-state index contributed by atoms with van der Waals surface area (Å²) in [6, 6.07) is 7.84. The van der Waals surface area contributed by atoms with Gasteiger partial charge < -0.3 is 10.4 Å². The molecule has 3 nitrogen and oxygen atoms in total. The Kier molecular flexibility index (Phi) is 4.20. The molecule has 20 heavy (non-hydrogen) atoms. The van der Waals surface area contributed by atoms with Gasteiger partial charge in [0.2, 0.25) is 0 Å². The Hall–Kier alpha value is -2.14. The van der Waals surface area contributed by atoms with Crippen molar-refractivity contribution < 1.29 is 18.7 Å². The minimum atomic E-state index is -1.15. The van der Waals surface area contributed by atoms with Crippen LogP contribution in [0.3, 0.4) is 0 Å². The quantitative estimate of drug-likeness (QED) is 0.899. The summed E-state index contributed by atoms with van der Waals surface area (Å²) < 4.78 is 27.2. The minimum absolute atomic E-state index is 0.0326. The fourth-order valence-corrected chi connectivity index (χ4v) is 1.85. The zero-order chi connectivity index (χ0) is 14.7. The van der Waals surface area contributed by atoms with E-state index in [0.717, 1.165) is 6.07 Å². The second-order valence-corrected chi connectivity index (χ2v) is 4.47. The predicted octanol–water partition coefficient (Wildman–Crippen LogP) is 3.93. The van der Waals surface area contributed by atoms with Crippen molar-refractivity contribution in [2.75, 3.05) is 5.32 Å². The number of rotatable bonds is 4. The van der Waals surface area contributed by atoms with Crippen molar-refractivity contribution in [1.82, 2.24) is 0 Å². The van der Waals surface area contributed by atoms with Crippen molar-refractivity contribution in [3.8, 4) is 0 Å². The smallest absolute Gasteiger partial charge is 0.335 e. The number of nitrogens with one attached hydrogen (secondary N) is 1. The zero-order valence-corrected chi connectivity index (χ0v) is 10.9. The molecule has 104 valence electrons. The number of hydrogen-bond donors (Lipinski definition) is 2. The zero-order valence-electron chi connectivity index (χ0n) is 10.2. The highest BCUT2D eigenvalue weighted by molar-refractivity contribution is 6.31. The number of benzene rings is 2. The maximum atomic E-state index is 13.6. The van der Waals surface area contributed by atoms with Crippen LogP contribution in [0.4, 0.5) is 14.5 Å². The Balaban J connectivity index is 2.20. The summed E-state index contributed by atoms with van der Waals surface area (Å²) in [6.45, 7) is -0.0514. The Morgan fingerprint density at radius 3 is 2.70 bits per heavy atom. The number of carboxylic acids is 1. The van der Waals surface area contributed by atoms with Crippen molar-refractivity contribution in [3.05, 3.63) is 64.2 Å². The molecule has 0 bridgehead atoms. The Bertz CT molecular complexity index is 662. The van der Waals surface area contributed by atoms with E-state index in [-0.39, 0.29) is 28.4 Å². The Morgan fingerprint density at radius 2 is 2.00 bits per heavy atom. The lowest BCUT2D eigenvalue weighted by Gasteiger charge is -2.09.